The number of piperazine rings is 1. The van der Waals surface area contributed by atoms with Crippen LogP contribution in [0.5, 0.6) is 0 Å². The number of hydrogen-bond donors (Lipinski definition) is 0. The SMILES string of the molecule is Cc1cc(S(=O)(=O)N2CCN(Cc3nc(Cc4ccccc4)no3)CC2)c(C)s1. The lowest BCUT2D eigenvalue weighted by molar-refractivity contribution is 0.163. The van der Waals surface area contributed by atoms with E-state index in [2.05, 4.69) is 15.0 Å². The minimum atomic E-state index is -3.43. The molecule has 4 rings (SSSR count). The van der Waals surface area contributed by atoms with Crippen LogP contribution in [0, 0.1) is 13.8 Å². The van der Waals surface area contributed by atoms with Gasteiger partial charge in [-0.05, 0) is 25.5 Å². The first-order chi connectivity index (χ1) is 13.9. The Kier molecular flexibility index (Phi) is 5.82. The van der Waals surface area contributed by atoms with Gasteiger partial charge in [-0.1, -0.05) is 35.5 Å². The van der Waals surface area contributed by atoms with Gasteiger partial charge < -0.3 is 4.52 Å². The number of hydrogen-bond acceptors (Lipinski definition) is 7. The second kappa shape index (κ2) is 8.35. The molecule has 0 saturated carbocycles. The summed E-state index contributed by atoms with van der Waals surface area (Å²) >= 11 is 1.52. The number of aromatic nitrogens is 2. The minimum Gasteiger partial charge on any atom is -0.338 e. The maximum atomic E-state index is 12.9. The largest absolute Gasteiger partial charge is 0.338 e. The molecule has 2 aromatic heterocycles. The highest BCUT2D eigenvalue weighted by Crippen LogP contribution is 2.28. The van der Waals surface area contributed by atoms with Crippen molar-refractivity contribution in [3.05, 3.63) is 63.4 Å². The summed E-state index contributed by atoms with van der Waals surface area (Å²) < 4.78 is 32.8. The van der Waals surface area contributed by atoms with E-state index >= 15 is 0 Å². The third-order valence-corrected chi connectivity index (χ3v) is 8.14. The van der Waals surface area contributed by atoms with Crippen molar-refractivity contribution >= 4 is 21.4 Å². The zero-order chi connectivity index (χ0) is 20.4. The van der Waals surface area contributed by atoms with E-state index in [9.17, 15) is 8.42 Å². The van der Waals surface area contributed by atoms with Crippen LogP contribution in [0.15, 0.2) is 45.8 Å². The van der Waals surface area contributed by atoms with Crippen LogP contribution in [0.3, 0.4) is 0 Å². The van der Waals surface area contributed by atoms with Gasteiger partial charge in [0, 0.05) is 42.4 Å². The average Bonchev–Trinajstić information content (AvgIpc) is 3.28. The molecule has 0 spiro atoms. The van der Waals surface area contributed by atoms with Gasteiger partial charge in [-0.15, -0.1) is 11.3 Å². The van der Waals surface area contributed by atoms with Crippen molar-refractivity contribution < 1.29 is 12.9 Å². The molecule has 1 aromatic carbocycles. The molecule has 0 radical (unpaired) electrons. The molecule has 1 saturated heterocycles. The Hall–Kier alpha value is -2.07. The van der Waals surface area contributed by atoms with E-state index < -0.39 is 10.0 Å². The number of benzene rings is 1. The maximum absolute atomic E-state index is 12.9. The lowest BCUT2D eigenvalue weighted by atomic mass is 10.1. The smallest absolute Gasteiger partial charge is 0.244 e. The quantitative estimate of drug-likeness (QED) is 0.596. The second-order valence-corrected chi connectivity index (χ2v) is 10.6. The maximum Gasteiger partial charge on any atom is 0.244 e. The van der Waals surface area contributed by atoms with Crippen LogP contribution in [0.2, 0.25) is 0 Å². The number of thiophene rings is 1. The molecule has 1 aliphatic heterocycles. The predicted molar refractivity (Wildman–Crippen MR) is 111 cm³/mol. The third kappa shape index (κ3) is 4.58. The minimum absolute atomic E-state index is 0.441. The van der Waals surface area contributed by atoms with E-state index in [0.29, 0.717) is 55.8 Å². The fraction of sp³-hybridized carbons (Fsp3) is 0.400. The summed E-state index contributed by atoms with van der Waals surface area (Å²) in [7, 11) is -3.43. The molecule has 7 nitrogen and oxygen atoms in total. The van der Waals surface area contributed by atoms with Gasteiger partial charge >= 0.3 is 0 Å². The molecule has 1 fully saturated rings. The van der Waals surface area contributed by atoms with Crippen molar-refractivity contribution in [2.45, 2.75) is 31.7 Å². The normalized spacial score (nSPS) is 16.3. The summed E-state index contributed by atoms with van der Waals surface area (Å²) in [4.78, 5) is 8.94. The molecule has 0 atom stereocenters. The summed E-state index contributed by atoms with van der Waals surface area (Å²) in [5.41, 5.74) is 1.14. The summed E-state index contributed by atoms with van der Waals surface area (Å²) in [5, 5.41) is 4.06. The first-order valence-corrected chi connectivity index (χ1v) is 11.8. The monoisotopic (exact) mass is 432 g/mol. The molecular formula is C20H24N4O3S2. The molecule has 3 heterocycles. The highest BCUT2D eigenvalue weighted by Gasteiger charge is 2.31. The Morgan fingerprint density at radius 1 is 1.10 bits per heavy atom. The summed E-state index contributed by atoms with van der Waals surface area (Å²) in [6.45, 7) is 6.53. The molecule has 1 aliphatic rings. The van der Waals surface area contributed by atoms with E-state index in [1.807, 2.05) is 44.2 Å². The van der Waals surface area contributed by atoms with Crippen molar-refractivity contribution in [1.82, 2.24) is 19.3 Å². The molecule has 9 heteroatoms. The van der Waals surface area contributed by atoms with Crippen molar-refractivity contribution in [2.24, 2.45) is 0 Å². The van der Waals surface area contributed by atoms with E-state index in [-0.39, 0.29) is 0 Å². The van der Waals surface area contributed by atoms with Gasteiger partial charge in [0.05, 0.1) is 11.4 Å². The van der Waals surface area contributed by atoms with Crippen molar-refractivity contribution in [1.29, 1.82) is 0 Å². The zero-order valence-electron chi connectivity index (χ0n) is 16.5. The van der Waals surface area contributed by atoms with Gasteiger partial charge in [0.15, 0.2) is 5.82 Å². The molecule has 29 heavy (non-hydrogen) atoms. The highest BCUT2D eigenvalue weighted by molar-refractivity contribution is 7.89. The van der Waals surface area contributed by atoms with E-state index in [4.69, 9.17) is 4.52 Å². The van der Waals surface area contributed by atoms with Crippen LogP contribution in [-0.2, 0) is 23.0 Å². The summed E-state index contributed by atoms with van der Waals surface area (Å²) in [6.07, 6.45) is 0.635. The molecule has 3 aromatic rings. The van der Waals surface area contributed by atoms with Gasteiger partial charge in [-0.3, -0.25) is 4.90 Å². The Morgan fingerprint density at radius 3 is 2.48 bits per heavy atom. The Morgan fingerprint density at radius 2 is 1.83 bits per heavy atom. The fourth-order valence-corrected chi connectivity index (χ4v) is 6.47. The molecule has 0 aliphatic carbocycles. The van der Waals surface area contributed by atoms with Crippen LogP contribution in [0.1, 0.15) is 27.0 Å². The average molecular weight is 433 g/mol. The summed E-state index contributed by atoms with van der Waals surface area (Å²) in [6, 6.07) is 11.8. The van der Waals surface area contributed by atoms with E-state index in [1.165, 1.54) is 11.3 Å². The van der Waals surface area contributed by atoms with Crippen molar-refractivity contribution in [3.8, 4) is 0 Å². The van der Waals surface area contributed by atoms with Gasteiger partial charge in [0.1, 0.15) is 0 Å². The second-order valence-electron chi connectivity index (χ2n) is 7.22. The van der Waals surface area contributed by atoms with Crippen molar-refractivity contribution in [2.75, 3.05) is 26.2 Å². The Labute approximate surface area is 175 Å². The van der Waals surface area contributed by atoms with Crippen LogP contribution in [0.25, 0.3) is 0 Å². The lowest BCUT2D eigenvalue weighted by Crippen LogP contribution is -2.48. The third-order valence-electron chi connectivity index (χ3n) is 5.02. The molecule has 154 valence electrons. The number of rotatable bonds is 6. The molecule has 0 amide bonds. The molecule has 0 unspecified atom stereocenters. The lowest BCUT2D eigenvalue weighted by Gasteiger charge is -2.33. The fourth-order valence-electron chi connectivity index (χ4n) is 3.53. The Balaban J connectivity index is 1.34. The first kappa shape index (κ1) is 20.2. The first-order valence-electron chi connectivity index (χ1n) is 9.57. The van der Waals surface area contributed by atoms with E-state index in [1.54, 1.807) is 10.4 Å². The molecular weight excluding hydrogens is 408 g/mol. The Bertz CT molecular complexity index is 1070. The van der Waals surface area contributed by atoms with Gasteiger partial charge in [-0.25, -0.2) is 8.42 Å². The number of aryl methyl sites for hydroxylation is 2. The highest BCUT2D eigenvalue weighted by atomic mass is 32.2. The van der Waals surface area contributed by atoms with Crippen molar-refractivity contribution in [3.63, 3.8) is 0 Å². The summed E-state index contributed by atoms with van der Waals surface area (Å²) in [5.74, 6) is 1.23. The molecule has 0 N–H and O–H groups in total. The number of nitrogens with zero attached hydrogens (tertiary/aromatic N) is 4. The zero-order valence-corrected chi connectivity index (χ0v) is 18.2. The van der Waals surface area contributed by atoms with Crippen LogP contribution in [0.4, 0.5) is 0 Å². The van der Waals surface area contributed by atoms with Crippen LogP contribution in [-0.4, -0.2) is 53.9 Å². The topological polar surface area (TPSA) is 79.5 Å². The van der Waals surface area contributed by atoms with Crippen LogP contribution < -0.4 is 0 Å². The van der Waals surface area contributed by atoms with Crippen LogP contribution >= 0.6 is 11.3 Å². The van der Waals surface area contributed by atoms with Gasteiger partial charge in [-0.2, -0.15) is 9.29 Å². The van der Waals surface area contributed by atoms with Gasteiger partial charge in [0.2, 0.25) is 15.9 Å². The predicted octanol–water partition coefficient (Wildman–Crippen LogP) is 2.85. The number of sulfonamides is 1. The standard InChI is InChI=1S/C20H24N4O3S2/c1-15-12-18(16(2)28-15)29(25,26)24-10-8-23(9-11-24)14-20-21-19(22-27-20)13-17-6-4-3-5-7-17/h3-7,12H,8-11,13-14H2,1-2H3. The van der Waals surface area contributed by atoms with Gasteiger partial charge in [0.25, 0.3) is 0 Å². The van der Waals surface area contributed by atoms with E-state index in [0.717, 1.165) is 15.3 Å². The molecule has 0 bridgehead atoms.